The number of fused-ring (bicyclic) bond motifs is 3. The Morgan fingerprint density at radius 2 is 1.86 bits per heavy atom. The molecule has 0 saturated heterocycles. The Morgan fingerprint density at radius 1 is 1.14 bits per heavy atom. The topological polar surface area (TPSA) is 20.2 Å². The highest BCUT2D eigenvalue weighted by Gasteiger charge is 2.48. The van der Waals surface area contributed by atoms with Crippen molar-refractivity contribution in [2.45, 2.75) is 65.2 Å². The fourth-order valence-corrected chi connectivity index (χ4v) is 4.78. The first-order chi connectivity index (χ1) is 9.75. The first-order valence-corrected chi connectivity index (χ1v) is 8.31. The SMILES string of the molecule is CC(C)c1cc2c(cc1O)C=C[C@H]1C(C)(C)CCC[C@]21C. The molecule has 0 bridgehead atoms. The van der Waals surface area contributed by atoms with Crippen molar-refractivity contribution >= 4 is 6.08 Å². The molecule has 114 valence electrons. The lowest BCUT2D eigenvalue weighted by Crippen LogP contribution is -2.45. The van der Waals surface area contributed by atoms with E-state index in [9.17, 15) is 5.11 Å². The van der Waals surface area contributed by atoms with Crippen LogP contribution >= 0.6 is 0 Å². The van der Waals surface area contributed by atoms with Crippen LogP contribution < -0.4 is 0 Å². The van der Waals surface area contributed by atoms with Gasteiger partial charge in [-0.05, 0) is 58.3 Å². The molecule has 1 aromatic rings. The molecule has 1 fully saturated rings. The molecular weight excluding hydrogens is 256 g/mol. The summed E-state index contributed by atoms with van der Waals surface area (Å²) in [5, 5.41) is 10.3. The zero-order valence-corrected chi connectivity index (χ0v) is 14.0. The molecule has 0 heterocycles. The van der Waals surface area contributed by atoms with E-state index >= 15 is 0 Å². The van der Waals surface area contributed by atoms with Gasteiger partial charge in [-0.1, -0.05) is 59.3 Å². The summed E-state index contributed by atoms with van der Waals surface area (Å²) in [5.41, 5.74) is 4.32. The molecule has 1 saturated carbocycles. The maximum Gasteiger partial charge on any atom is 0.119 e. The number of hydrogen-bond donors (Lipinski definition) is 1. The number of aromatic hydroxyl groups is 1. The van der Waals surface area contributed by atoms with Crippen LogP contribution in [0.5, 0.6) is 5.75 Å². The lowest BCUT2D eigenvalue weighted by atomic mass is 9.52. The van der Waals surface area contributed by atoms with Gasteiger partial charge in [-0.25, -0.2) is 0 Å². The zero-order chi connectivity index (χ0) is 15.4. The Balaban J connectivity index is 2.18. The molecule has 1 N–H and O–H groups in total. The molecule has 2 aliphatic rings. The number of phenolic OH excluding ortho intramolecular Hbond substituents is 1. The summed E-state index contributed by atoms with van der Waals surface area (Å²) in [7, 11) is 0. The van der Waals surface area contributed by atoms with Gasteiger partial charge in [-0.3, -0.25) is 0 Å². The quantitative estimate of drug-likeness (QED) is 0.709. The summed E-state index contributed by atoms with van der Waals surface area (Å²) in [6.45, 7) is 11.6. The number of benzene rings is 1. The fraction of sp³-hybridized carbons (Fsp3) is 0.600. The van der Waals surface area contributed by atoms with Crippen molar-refractivity contribution in [1.29, 1.82) is 0 Å². The van der Waals surface area contributed by atoms with E-state index in [0.717, 1.165) is 5.56 Å². The molecule has 2 atom stereocenters. The van der Waals surface area contributed by atoms with Gasteiger partial charge >= 0.3 is 0 Å². The standard InChI is InChI=1S/C20H28O/c1-13(2)15-12-16-14(11-17(15)21)7-8-18-19(3,4)9-6-10-20(16,18)5/h7-8,11-13,18,21H,6,9-10H2,1-5H3/t18-,20+/m0/s1. The summed E-state index contributed by atoms with van der Waals surface area (Å²) in [4.78, 5) is 0. The zero-order valence-electron chi connectivity index (χ0n) is 14.0. The van der Waals surface area contributed by atoms with E-state index in [2.05, 4.69) is 52.8 Å². The van der Waals surface area contributed by atoms with Crippen molar-refractivity contribution in [1.82, 2.24) is 0 Å². The molecule has 0 aromatic heterocycles. The van der Waals surface area contributed by atoms with Crippen molar-refractivity contribution in [3.05, 3.63) is 34.9 Å². The molecule has 0 radical (unpaired) electrons. The number of phenols is 1. The highest BCUT2D eigenvalue weighted by atomic mass is 16.3. The summed E-state index contributed by atoms with van der Waals surface area (Å²) in [6, 6.07) is 4.26. The van der Waals surface area contributed by atoms with Crippen LogP contribution in [0.15, 0.2) is 18.2 Å². The minimum absolute atomic E-state index is 0.211. The lowest BCUT2D eigenvalue weighted by Gasteiger charge is -2.52. The third kappa shape index (κ3) is 2.13. The van der Waals surface area contributed by atoms with Gasteiger partial charge in [0.05, 0.1) is 0 Å². The monoisotopic (exact) mass is 284 g/mol. The van der Waals surface area contributed by atoms with E-state index in [1.165, 1.54) is 30.4 Å². The fourth-order valence-electron chi connectivity index (χ4n) is 4.78. The summed E-state index contributed by atoms with van der Waals surface area (Å²) >= 11 is 0. The minimum Gasteiger partial charge on any atom is -0.508 e. The second-order valence-corrected chi connectivity index (χ2v) is 8.25. The number of allylic oxidation sites excluding steroid dienone is 1. The first kappa shape index (κ1) is 14.7. The van der Waals surface area contributed by atoms with Gasteiger partial charge in [0.2, 0.25) is 0 Å². The number of rotatable bonds is 1. The Bertz CT molecular complexity index is 594. The Morgan fingerprint density at radius 3 is 2.52 bits per heavy atom. The van der Waals surface area contributed by atoms with Gasteiger partial charge in [-0.15, -0.1) is 0 Å². The van der Waals surface area contributed by atoms with E-state index in [4.69, 9.17) is 0 Å². The summed E-state index contributed by atoms with van der Waals surface area (Å²) < 4.78 is 0. The van der Waals surface area contributed by atoms with E-state index in [1.807, 2.05) is 6.07 Å². The van der Waals surface area contributed by atoms with Gasteiger partial charge in [0, 0.05) is 0 Å². The van der Waals surface area contributed by atoms with Crippen molar-refractivity contribution in [3.63, 3.8) is 0 Å². The van der Waals surface area contributed by atoms with Crippen LogP contribution in [0, 0.1) is 11.3 Å². The predicted octanol–water partition coefficient (Wildman–Crippen LogP) is 5.63. The predicted molar refractivity (Wildman–Crippen MR) is 89.7 cm³/mol. The maximum absolute atomic E-state index is 10.3. The molecule has 1 aromatic carbocycles. The maximum atomic E-state index is 10.3. The molecule has 2 aliphatic carbocycles. The van der Waals surface area contributed by atoms with Crippen molar-refractivity contribution in [3.8, 4) is 5.75 Å². The molecule has 0 amide bonds. The summed E-state index contributed by atoms with van der Waals surface area (Å²) in [6.07, 6.45) is 8.49. The molecular formula is C20H28O. The third-order valence-electron chi connectivity index (χ3n) is 5.95. The highest BCUT2D eigenvalue weighted by molar-refractivity contribution is 5.64. The van der Waals surface area contributed by atoms with Crippen LogP contribution in [-0.4, -0.2) is 5.11 Å². The van der Waals surface area contributed by atoms with Crippen LogP contribution in [0.3, 0.4) is 0 Å². The van der Waals surface area contributed by atoms with Gasteiger partial charge in [0.15, 0.2) is 0 Å². The normalized spacial score (nSPS) is 30.1. The van der Waals surface area contributed by atoms with Gasteiger partial charge < -0.3 is 5.11 Å². The van der Waals surface area contributed by atoms with Gasteiger partial charge in [0.25, 0.3) is 0 Å². The second kappa shape index (κ2) is 4.63. The van der Waals surface area contributed by atoms with E-state index in [0.29, 0.717) is 23.0 Å². The average molecular weight is 284 g/mol. The molecule has 21 heavy (non-hydrogen) atoms. The lowest BCUT2D eigenvalue weighted by molar-refractivity contribution is 0.0908. The van der Waals surface area contributed by atoms with E-state index in [1.54, 1.807) is 0 Å². The Labute approximate surface area is 129 Å². The molecule has 1 nitrogen and oxygen atoms in total. The van der Waals surface area contributed by atoms with Crippen molar-refractivity contribution in [2.75, 3.05) is 0 Å². The summed E-state index contributed by atoms with van der Waals surface area (Å²) in [5.74, 6) is 1.40. The molecule has 0 unspecified atom stereocenters. The molecule has 1 heteroatoms. The van der Waals surface area contributed by atoms with E-state index in [-0.39, 0.29) is 5.41 Å². The van der Waals surface area contributed by atoms with Crippen LogP contribution in [0.1, 0.15) is 76.5 Å². The average Bonchev–Trinajstić information content (AvgIpc) is 2.36. The van der Waals surface area contributed by atoms with Crippen LogP contribution in [0.4, 0.5) is 0 Å². The Kier molecular flexibility index (Phi) is 3.24. The Hall–Kier alpha value is -1.24. The van der Waals surface area contributed by atoms with E-state index < -0.39 is 0 Å². The highest BCUT2D eigenvalue weighted by Crippen LogP contribution is 2.56. The molecule has 0 spiro atoms. The van der Waals surface area contributed by atoms with Crippen LogP contribution in [-0.2, 0) is 5.41 Å². The van der Waals surface area contributed by atoms with Crippen molar-refractivity contribution < 1.29 is 5.11 Å². The third-order valence-corrected chi connectivity index (χ3v) is 5.95. The molecule has 3 rings (SSSR count). The smallest absolute Gasteiger partial charge is 0.119 e. The first-order valence-electron chi connectivity index (χ1n) is 8.31. The van der Waals surface area contributed by atoms with Crippen LogP contribution in [0.25, 0.3) is 6.08 Å². The minimum atomic E-state index is 0.211. The second-order valence-electron chi connectivity index (χ2n) is 8.25. The molecule has 0 aliphatic heterocycles. The van der Waals surface area contributed by atoms with Crippen molar-refractivity contribution in [2.24, 2.45) is 11.3 Å². The van der Waals surface area contributed by atoms with Gasteiger partial charge in [0.1, 0.15) is 5.75 Å². The number of hydrogen-bond acceptors (Lipinski definition) is 1. The van der Waals surface area contributed by atoms with Gasteiger partial charge in [-0.2, -0.15) is 0 Å². The van der Waals surface area contributed by atoms with Crippen LogP contribution in [0.2, 0.25) is 0 Å². The largest absolute Gasteiger partial charge is 0.508 e.